The summed E-state index contributed by atoms with van der Waals surface area (Å²) in [7, 11) is 0. The third-order valence-corrected chi connectivity index (χ3v) is 5.81. The Morgan fingerprint density at radius 3 is 2.68 bits per heavy atom. The van der Waals surface area contributed by atoms with Gasteiger partial charge in [0, 0.05) is 13.1 Å². The van der Waals surface area contributed by atoms with E-state index in [4.69, 9.17) is 16.3 Å². The van der Waals surface area contributed by atoms with Gasteiger partial charge in [-0.05, 0) is 60.3 Å². The Labute approximate surface area is 172 Å². The number of carbonyl (C=O) groups excluding carboxylic acids is 2. The van der Waals surface area contributed by atoms with E-state index < -0.39 is 0 Å². The summed E-state index contributed by atoms with van der Waals surface area (Å²) in [4.78, 5) is 26.3. The van der Waals surface area contributed by atoms with Crippen molar-refractivity contribution < 1.29 is 14.3 Å². The highest BCUT2D eigenvalue weighted by Gasteiger charge is 2.38. The molecule has 5 nitrogen and oxygen atoms in total. The maximum atomic E-state index is 12.7. The molecule has 154 valence electrons. The van der Waals surface area contributed by atoms with Gasteiger partial charge in [-0.1, -0.05) is 26.8 Å². The summed E-state index contributed by atoms with van der Waals surface area (Å²) in [5.41, 5.74) is 2.84. The molecule has 2 amide bonds. The van der Waals surface area contributed by atoms with Crippen LogP contribution in [-0.4, -0.2) is 48.3 Å². The normalized spacial score (nSPS) is 21.5. The molecular formula is C22H31ClN2O3. The average Bonchev–Trinajstić information content (AvgIpc) is 3.25. The number of aryl methyl sites for hydroxylation is 2. The number of rotatable bonds is 6. The van der Waals surface area contributed by atoms with Crippen molar-refractivity contribution in [2.75, 3.05) is 25.6 Å². The SMILES string of the molecule is CC(C)(C)C[C@@H]1CN(C(=O)COc2ccc3c(c2)CCC3)C[C@H]1NC(=O)CCl. The van der Waals surface area contributed by atoms with Crippen molar-refractivity contribution in [1.82, 2.24) is 10.2 Å². The summed E-state index contributed by atoms with van der Waals surface area (Å²) in [6, 6.07) is 6.06. The van der Waals surface area contributed by atoms with Crippen LogP contribution in [-0.2, 0) is 22.4 Å². The van der Waals surface area contributed by atoms with E-state index in [0.717, 1.165) is 25.0 Å². The highest BCUT2D eigenvalue weighted by molar-refractivity contribution is 6.27. The third-order valence-electron chi connectivity index (χ3n) is 5.57. The Kier molecular flexibility index (Phi) is 6.54. The van der Waals surface area contributed by atoms with Crippen LogP contribution in [0.1, 0.15) is 44.7 Å². The fourth-order valence-corrected chi connectivity index (χ4v) is 4.43. The fourth-order valence-electron chi connectivity index (χ4n) is 4.35. The van der Waals surface area contributed by atoms with Gasteiger partial charge in [0.1, 0.15) is 11.6 Å². The van der Waals surface area contributed by atoms with Crippen LogP contribution in [0.3, 0.4) is 0 Å². The predicted octanol–water partition coefficient (Wildman–Crippen LogP) is 3.17. The van der Waals surface area contributed by atoms with Crippen LogP contribution in [0.15, 0.2) is 18.2 Å². The number of hydrogen-bond donors (Lipinski definition) is 1. The smallest absolute Gasteiger partial charge is 0.260 e. The van der Waals surface area contributed by atoms with Crippen molar-refractivity contribution >= 4 is 23.4 Å². The summed E-state index contributed by atoms with van der Waals surface area (Å²) in [5.74, 6) is 0.688. The lowest BCUT2D eigenvalue weighted by Crippen LogP contribution is -2.42. The topological polar surface area (TPSA) is 58.6 Å². The van der Waals surface area contributed by atoms with Gasteiger partial charge in [0.2, 0.25) is 5.91 Å². The number of carbonyl (C=O) groups is 2. The molecule has 1 N–H and O–H groups in total. The number of hydrogen-bond acceptors (Lipinski definition) is 3. The monoisotopic (exact) mass is 406 g/mol. The Morgan fingerprint density at radius 2 is 1.96 bits per heavy atom. The number of fused-ring (bicyclic) bond motifs is 1. The van der Waals surface area contributed by atoms with Gasteiger partial charge in [0.15, 0.2) is 6.61 Å². The molecule has 0 unspecified atom stereocenters. The van der Waals surface area contributed by atoms with Gasteiger partial charge in [-0.25, -0.2) is 0 Å². The van der Waals surface area contributed by atoms with Crippen molar-refractivity contribution in [2.24, 2.45) is 11.3 Å². The van der Waals surface area contributed by atoms with Crippen LogP contribution >= 0.6 is 11.6 Å². The summed E-state index contributed by atoms with van der Waals surface area (Å²) in [6.07, 6.45) is 4.34. The van der Waals surface area contributed by atoms with Crippen molar-refractivity contribution in [2.45, 2.75) is 52.5 Å². The zero-order valence-electron chi connectivity index (χ0n) is 17.1. The van der Waals surface area contributed by atoms with Crippen LogP contribution in [0.4, 0.5) is 0 Å². The van der Waals surface area contributed by atoms with Gasteiger partial charge < -0.3 is 15.0 Å². The van der Waals surface area contributed by atoms with E-state index in [-0.39, 0.29) is 41.7 Å². The van der Waals surface area contributed by atoms with Crippen molar-refractivity contribution in [1.29, 1.82) is 0 Å². The minimum Gasteiger partial charge on any atom is -0.484 e. The molecular weight excluding hydrogens is 376 g/mol. The molecule has 1 aromatic carbocycles. The molecule has 2 atom stereocenters. The number of amides is 2. The lowest BCUT2D eigenvalue weighted by molar-refractivity contribution is -0.132. The standard InChI is InChI=1S/C22H31ClN2O3/c1-22(2,3)10-17-12-25(13-19(17)24-20(26)11-23)21(27)14-28-18-8-7-15-5-4-6-16(15)9-18/h7-9,17,19H,4-6,10-14H2,1-3H3,(H,24,26)/t17-,19-/m1/s1. The Morgan fingerprint density at radius 1 is 1.21 bits per heavy atom. The van der Waals surface area contributed by atoms with Gasteiger partial charge >= 0.3 is 0 Å². The second kappa shape index (κ2) is 8.73. The number of alkyl halides is 1. The molecule has 3 rings (SSSR count). The second-order valence-corrected chi connectivity index (χ2v) is 9.47. The highest BCUT2D eigenvalue weighted by atomic mass is 35.5. The van der Waals surface area contributed by atoms with Crippen molar-refractivity contribution in [3.8, 4) is 5.75 Å². The lowest BCUT2D eigenvalue weighted by atomic mass is 9.82. The fraction of sp³-hybridized carbons (Fsp3) is 0.636. The molecule has 0 aromatic heterocycles. The molecule has 1 aliphatic heterocycles. The quantitative estimate of drug-likeness (QED) is 0.738. The molecule has 1 saturated heterocycles. The van der Waals surface area contributed by atoms with E-state index >= 15 is 0 Å². The van der Waals surface area contributed by atoms with Gasteiger partial charge in [-0.3, -0.25) is 9.59 Å². The van der Waals surface area contributed by atoms with E-state index in [9.17, 15) is 9.59 Å². The minimum absolute atomic E-state index is 0.0250. The first-order valence-electron chi connectivity index (χ1n) is 10.1. The van der Waals surface area contributed by atoms with Crippen LogP contribution in [0.5, 0.6) is 5.75 Å². The maximum Gasteiger partial charge on any atom is 0.260 e. The lowest BCUT2D eigenvalue weighted by Gasteiger charge is -2.26. The Hall–Kier alpha value is -1.75. The number of likely N-dealkylation sites (tertiary alicyclic amines) is 1. The van der Waals surface area contributed by atoms with E-state index in [2.05, 4.69) is 38.2 Å². The first-order valence-corrected chi connectivity index (χ1v) is 10.7. The molecule has 0 bridgehead atoms. The Balaban J connectivity index is 1.58. The number of ether oxygens (including phenoxy) is 1. The predicted molar refractivity (Wildman–Crippen MR) is 111 cm³/mol. The highest BCUT2D eigenvalue weighted by Crippen LogP contribution is 2.31. The van der Waals surface area contributed by atoms with Crippen LogP contribution in [0.25, 0.3) is 0 Å². The molecule has 0 radical (unpaired) electrons. The van der Waals surface area contributed by atoms with Crippen molar-refractivity contribution in [3.63, 3.8) is 0 Å². The molecule has 0 spiro atoms. The summed E-state index contributed by atoms with van der Waals surface area (Å²) in [5, 5.41) is 2.98. The molecule has 1 aromatic rings. The maximum absolute atomic E-state index is 12.7. The van der Waals surface area contributed by atoms with E-state index in [1.54, 1.807) is 0 Å². The largest absolute Gasteiger partial charge is 0.484 e. The number of nitrogens with zero attached hydrogens (tertiary/aromatic N) is 1. The zero-order valence-corrected chi connectivity index (χ0v) is 17.8. The molecule has 28 heavy (non-hydrogen) atoms. The molecule has 1 fully saturated rings. The van der Waals surface area contributed by atoms with Gasteiger partial charge in [0.05, 0.1) is 6.04 Å². The molecule has 0 saturated carbocycles. The van der Waals surface area contributed by atoms with Crippen LogP contribution < -0.4 is 10.1 Å². The van der Waals surface area contributed by atoms with E-state index in [1.165, 1.54) is 17.5 Å². The number of nitrogens with one attached hydrogen (secondary N) is 1. The second-order valence-electron chi connectivity index (χ2n) is 9.20. The Bertz CT molecular complexity index is 729. The van der Waals surface area contributed by atoms with Crippen LogP contribution in [0, 0.1) is 11.3 Å². The van der Waals surface area contributed by atoms with E-state index in [1.807, 2.05) is 11.0 Å². The summed E-state index contributed by atoms with van der Waals surface area (Å²) in [6.45, 7) is 7.70. The van der Waals surface area contributed by atoms with Gasteiger partial charge in [-0.15, -0.1) is 11.6 Å². The van der Waals surface area contributed by atoms with Crippen LogP contribution in [0.2, 0.25) is 0 Å². The molecule has 2 aliphatic rings. The summed E-state index contributed by atoms with van der Waals surface area (Å²) >= 11 is 5.66. The molecule has 6 heteroatoms. The van der Waals surface area contributed by atoms with Gasteiger partial charge in [-0.2, -0.15) is 0 Å². The summed E-state index contributed by atoms with van der Waals surface area (Å²) < 4.78 is 5.78. The third kappa shape index (κ3) is 5.40. The minimum atomic E-state index is -0.186. The zero-order chi connectivity index (χ0) is 20.3. The van der Waals surface area contributed by atoms with E-state index in [0.29, 0.717) is 13.1 Å². The first kappa shape index (κ1) is 21.0. The first-order chi connectivity index (χ1) is 13.2. The van der Waals surface area contributed by atoms with Gasteiger partial charge in [0.25, 0.3) is 5.91 Å². The van der Waals surface area contributed by atoms with Crippen molar-refractivity contribution in [3.05, 3.63) is 29.3 Å². The number of benzene rings is 1. The average molecular weight is 407 g/mol. The molecule has 1 aliphatic carbocycles. The molecule has 1 heterocycles. The number of halogens is 1.